The van der Waals surface area contributed by atoms with E-state index in [9.17, 15) is 4.79 Å². The standard InChI is InChI=1S/C19H25N5O2/c1-15-13-17(18(25)21-14-16-5-3-2-4-6-16)23-19(22-15)20-7-8-24-9-11-26-12-10-24/h2-6,13H,7-12,14H2,1H3,(H,21,25)(H,20,22,23). The molecule has 1 aromatic heterocycles. The van der Waals surface area contributed by atoms with E-state index < -0.39 is 0 Å². The number of rotatable bonds is 7. The van der Waals surface area contributed by atoms with Crippen molar-refractivity contribution in [2.24, 2.45) is 0 Å². The molecule has 2 aromatic rings. The summed E-state index contributed by atoms with van der Waals surface area (Å²) in [6.07, 6.45) is 0. The van der Waals surface area contributed by atoms with E-state index in [1.165, 1.54) is 0 Å². The van der Waals surface area contributed by atoms with Crippen molar-refractivity contribution in [3.05, 3.63) is 53.3 Å². The van der Waals surface area contributed by atoms with E-state index in [0.717, 1.165) is 50.7 Å². The summed E-state index contributed by atoms with van der Waals surface area (Å²) in [7, 11) is 0. The van der Waals surface area contributed by atoms with Gasteiger partial charge in [-0.15, -0.1) is 0 Å². The Morgan fingerprint density at radius 1 is 1.19 bits per heavy atom. The van der Waals surface area contributed by atoms with Crippen molar-refractivity contribution in [2.75, 3.05) is 44.7 Å². The summed E-state index contributed by atoms with van der Waals surface area (Å²) in [5, 5.41) is 6.12. The molecule has 0 saturated carbocycles. The number of benzene rings is 1. The lowest BCUT2D eigenvalue weighted by molar-refractivity contribution is 0.0398. The number of nitrogens with one attached hydrogen (secondary N) is 2. The lowest BCUT2D eigenvalue weighted by Gasteiger charge is -2.26. The minimum absolute atomic E-state index is 0.199. The Labute approximate surface area is 153 Å². The van der Waals surface area contributed by atoms with Gasteiger partial charge in [-0.3, -0.25) is 9.69 Å². The average Bonchev–Trinajstić information content (AvgIpc) is 2.67. The molecule has 0 bridgehead atoms. The van der Waals surface area contributed by atoms with Gasteiger partial charge in [0.1, 0.15) is 5.69 Å². The summed E-state index contributed by atoms with van der Waals surface area (Å²) in [5.41, 5.74) is 2.19. The molecule has 1 aromatic carbocycles. The van der Waals surface area contributed by atoms with Gasteiger partial charge in [0.25, 0.3) is 5.91 Å². The Hall–Kier alpha value is -2.51. The number of carbonyl (C=O) groups excluding carboxylic acids is 1. The smallest absolute Gasteiger partial charge is 0.270 e. The Morgan fingerprint density at radius 2 is 1.96 bits per heavy atom. The molecule has 0 spiro atoms. The number of aryl methyl sites for hydroxylation is 1. The average molecular weight is 355 g/mol. The normalized spacial score (nSPS) is 14.8. The van der Waals surface area contributed by atoms with E-state index in [2.05, 4.69) is 25.5 Å². The number of morpholine rings is 1. The topological polar surface area (TPSA) is 79.4 Å². The van der Waals surface area contributed by atoms with Gasteiger partial charge in [0.05, 0.1) is 13.2 Å². The van der Waals surface area contributed by atoms with Crippen LogP contribution >= 0.6 is 0 Å². The van der Waals surface area contributed by atoms with Crippen LogP contribution in [0, 0.1) is 6.92 Å². The third kappa shape index (κ3) is 5.50. The molecule has 138 valence electrons. The van der Waals surface area contributed by atoms with Gasteiger partial charge in [0.2, 0.25) is 5.95 Å². The summed E-state index contributed by atoms with van der Waals surface area (Å²) in [5.74, 6) is 0.290. The van der Waals surface area contributed by atoms with Crippen LogP contribution in [0.3, 0.4) is 0 Å². The number of hydrogen-bond acceptors (Lipinski definition) is 6. The fourth-order valence-electron chi connectivity index (χ4n) is 2.78. The fourth-order valence-corrected chi connectivity index (χ4v) is 2.78. The van der Waals surface area contributed by atoms with Crippen LogP contribution in [0.4, 0.5) is 5.95 Å². The van der Waals surface area contributed by atoms with Crippen molar-refractivity contribution in [2.45, 2.75) is 13.5 Å². The molecular weight excluding hydrogens is 330 g/mol. The van der Waals surface area contributed by atoms with Crippen molar-refractivity contribution in [3.63, 3.8) is 0 Å². The zero-order chi connectivity index (χ0) is 18.2. The van der Waals surface area contributed by atoms with Crippen molar-refractivity contribution in [1.82, 2.24) is 20.2 Å². The molecule has 0 aliphatic carbocycles. The van der Waals surface area contributed by atoms with Crippen molar-refractivity contribution in [3.8, 4) is 0 Å². The van der Waals surface area contributed by atoms with Crippen LogP contribution in [-0.2, 0) is 11.3 Å². The van der Waals surface area contributed by atoms with E-state index in [-0.39, 0.29) is 5.91 Å². The number of aromatic nitrogens is 2. The highest BCUT2D eigenvalue weighted by molar-refractivity contribution is 5.92. The Kier molecular flexibility index (Phi) is 6.51. The predicted molar refractivity (Wildman–Crippen MR) is 100 cm³/mol. The number of anilines is 1. The highest BCUT2D eigenvalue weighted by atomic mass is 16.5. The van der Waals surface area contributed by atoms with E-state index in [1.54, 1.807) is 6.07 Å². The molecule has 7 heteroatoms. The second-order valence-corrected chi connectivity index (χ2v) is 6.27. The number of nitrogens with zero attached hydrogens (tertiary/aromatic N) is 3. The summed E-state index contributed by atoms with van der Waals surface area (Å²) in [4.78, 5) is 23.4. The number of hydrogen-bond donors (Lipinski definition) is 2. The van der Waals surface area contributed by atoms with Gasteiger partial charge < -0.3 is 15.4 Å². The van der Waals surface area contributed by atoms with Crippen LogP contribution in [0.15, 0.2) is 36.4 Å². The van der Waals surface area contributed by atoms with Gasteiger partial charge >= 0.3 is 0 Å². The minimum Gasteiger partial charge on any atom is -0.379 e. The lowest BCUT2D eigenvalue weighted by Crippen LogP contribution is -2.39. The summed E-state index contributed by atoms with van der Waals surface area (Å²) < 4.78 is 5.35. The molecule has 1 aliphatic heterocycles. The maximum absolute atomic E-state index is 12.4. The number of ether oxygens (including phenoxy) is 1. The van der Waals surface area contributed by atoms with Crippen molar-refractivity contribution >= 4 is 11.9 Å². The first kappa shape index (κ1) is 18.3. The van der Waals surface area contributed by atoms with Gasteiger partial charge in [0.15, 0.2) is 0 Å². The first-order valence-electron chi connectivity index (χ1n) is 8.92. The third-order valence-corrected chi connectivity index (χ3v) is 4.20. The third-order valence-electron chi connectivity index (χ3n) is 4.20. The van der Waals surface area contributed by atoms with Crippen LogP contribution in [0.2, 0.25) is 0 Å². The van der Waals surface area contributed by atoms with E-state index in [4.69, 9.17) is 4.74 Å². The largest absolute Gasteiger partial charge is 0.379 e. The summed E-state index contributed by atoms with van der Waals surface area (Å²) >= 11 is 0. The Bertz CT molecular complexity index is 717. The van der Waals surface area contributed by atoms with Gasteiger partial charge in [-0.25, -0.2) is 9.97 Å². The van der Waals surface area contributed by atoms with Crippen LogP contribution in [0.5, 0.6) is 0 Å². The molecule has 0 atom stereocenters. The molecule has 1 saturated heterocycles. The monoisotopic (exact) mass is 355 g/mol. The number of amides is 1. The van der Waals surface area contributed by atoms with Gasteiger partial charge in [-0.05, 0) is 18.6 Å². The molecule has 0 radical (unpaired) electrons. The zero-order valence-electron chi connectivity index (χ0n) is 15.1. The highest BCUT2D eigenvalue weighted by Gasteiger charge is 2.12. The van der Waals surface area contributed by atoms with Crippen LogP contribution in [0.25, 0.3) is 0 Å². The fraction of sp³-hybridized carbons (Fsp3) is 0.421. The minimum atomic E-state index is -0.199. The molecule has 2 N–H and O–H groups in total. The lowest BCUT2D eigenvalue weighted by atomic mass is 10.2. The molecule has 0 unspecified atom stereocenters. The first-order valence-corrected chi connectivity index (χ1v) is 8.92. The molecular formula is C19H25N5O2. The molecule has 3 rings (SSSR count). The maximum Gasteiger partial charge on any atom is 0.270 e. The van der Waals surface area contributed by atoms with Crippen molar-refractivity contribution in [1.29, 1.82) is 0 Å². The summed E-state index contributed by atoms with van der Waals surface area (Å²) in [6.45, 7) is 7.43. The Balaban J connectivity index is 1.53. The SMILES string of the molecule is Cc1cc(C(=O)NCc2ccccc2)nc(NCCN2CCOCC2)n1. The zero-order valence-corrected chi connectivity index (χ0v) is 15.1. The molecule has 7 nitrogen and oxygen atoms in total. The van der Waals surface area contributed by atoms with Gasteiger partial charge in [0, 0.05) is 38.4 Å². The summed E-state index contributed by atoms with van der Waals surface area (Å²) in [6, 6.07) is 11.5. The van der Waals surface area contributed by atoms with Crippen molar-refractivity contribution < 1.29 is 9.53 Å². The second-order valence-electron chi connectivity index (χ2n) is 6.27. The van der Waals surface area contributed by atoms with Gasteiger partial charge in [-0.2, -0.15) is 0 Å². The van der Waals surface area contributed by atoms with Crippen LogP contribution < -0.4 is 10.6 Å². The molecule has 2 heterocycles. The molecule has 1 amide bonds. The first-order chi connectivity index (χ1) is 12.7. The molecule has 1 fully saturated rings. The quantitative estimate of drug-likeness (QED) is 0.783. The van der Waals surface area contributed by atoms with E-state index in [1.807, 2.05) is 37.3 Å². The van der Waals surface area contributed by atoms with E-state index in [0.29, 0.717) is 18.2 Å². The number of carbonyl (C=O) groups is 1. The van der Waals surface area contributed by atoms with Crippen LogP contribution in [0.1, 0.15) is 21.7 Å². The molecule has 26 heavy (non-hydrogen) atoms. The van der Waals surface area contributed by atoms with E-state index >= 15 is 0 Å². The maximum atomic E-state index is 12.4. The second kappa shape index (κ2) is 9.26. The van der Waals surface area contributed by atoms with Gasteiger partial charge in [-0.1, -0.05) is 30.3 Å². The molecule has 1 aliphatic rings. The Morgan fingerprint density at radius 3 is 2.73 bits per heavy atom. The predicted octanol–water partition coefficient (Wildman–Crippen LogP) is 1.46. The highest BCUT2D eigenvalue weighted by Crippen LogP contribution is 2.06. The van der Waals surface area contributed by atoms with Crippen LogP contribution in [-0.4, -0.2) is 60.2 Å².